The molecule has 0 aliphatic rings. The molecule has 16 heteroatoms. The van der Waals surface area contributed by atoms with Crippen LogP contribution in [0.3, 0.4) is 0 Å². The van der Waals surface area contributed by atoms with Gasteiger partial charge in [-0.15, -0.1) is 0 Å². The Balaban J connectivity index is 0.00000600. The molecule has 0 saturated carbocycles. The van der Waals surface area contributed by atoms with E-state index in [1.807, 2.05) is 60.7 Å². The maximum atomic E-state index is 13.1. The van der Waals surface area contributed by atoms with E-state index < -0.39 is 17.8 Å². The topological polar surface area (TPSA) is 227 Å². The Morgan fingerprint density at radius 3 is 2.23 bits per heavy atom. The van der Waals surface area contributed by atoms with E-state index in [4.69, 9.17) is 10.7 Å². The van der Waals surface area contributed by atoms with E-state index >= 15 is 0 Å². The van der Waals surface area contributed by atoms with Crippen LogP contribution in [0.5, 0.6) is 0 Å². The molecule has 0 aliphatic heterocycles. The van der Waals surface area contributed by atoms with Crippen molar-refractivity contribution < 1.29 is 36.6 Å². The number of anilines is 3. The predicted molar refractivity (Wildman–Crippen MR) is 210 cm³/mol. The van der Waals surface area contributed by atoms with Crippen LogP contribution in [-0.2, 0) is 44.4 Å². The number of pyridine rings is 2. The van der Waals surface area contributed by atoms with Crippen LogP contribution in [0.4, 0.5) is 17.1 Å². The van der Waals surface area contributed by atoms with Crippen LogP contribution in [0, 0.1) is 0 Å². The molecular weight excluding hydrogens is 754 g/mol. The molecule has 0 radical (unpaired) electrons. The molecule has 15 nitrogen and oxygen atoms in total. The van der Waals surface area contributed by atoms with Crippen molar-refractivity contribution in [1.29, 1.82) is 0 Å². The van der Waals surface area contributed by atoms with Gasteiger partial charge in [-0.25, -0.2) is 9.97 Å². The number of carbonyl (C=O) groups excluding carboxylic acids is 3. The second-order valence-electron chi connectivity index (χ2n) is 12.7. The minimum absolute atomic E-state index is 0. The molecule has 1 unspecified atom stereocenters. The van der Waals surface area contributed by atoms with E-state index in [-0.39, 0.29) is 60.5 Å². The van der Waals surface area contributed by atoms with Gasteiger partial charge in [0.2, 0.25) is 17.7 Å². The first-order valence-corrected chi connectivity index (χ1v) is 17.9. The SMILES string of the molecule is NCCNCc1cccc(C([O-])=NC(Cc2cnc[nH]2)C(=O)NCCCC(=O)NCC(=O)Nc2ccc(Nc3c4ccccc4nc4ccccc34)cc2)n1.[Fe+2]. The average molecular weight is 797 g/mol. The number of hydrogen-bond donors (Lipinski definition) is 7. The molecule has 6 aromatic rings. The van der Waals surface area contributed by atoms with Crippen LogP contribution >= 0.6 is 0 Å². The van der Waals surface area contributed by atoms with Crippen LogP contribution in [-0.4, -0.2) is 75.8 Å². The summed E-state index contributed by atoms with van der Waals surface area (Å²) in [7, 11) is 0. The standard InChI is InChI=1S/C40H43N11O4.Fe/c41-18-20-42-22-28-7-5-12-34(47-28)40(55)51-35(21-29-23-43-25-46-29)39(54)44-19-6-13-36(52)45-24-37(53)48-26-14-16-27(17-15-26)49-38-30-8-1-3-10-32(30)50-33-11-4-2-9-31(33)38;/h1-5,7-12,14-17,23,25,35,42H,6,13,18-22,24,41H2,(H,43,46)(H,44,54)(H,45,52)(H,48,53)(H,49,50)(H,51,55);/q;+2/p-1. The molecule has 3 aromatic heterocycles. The Bertz CT molecular complexity index is 2210. The molecule has 288 valence electrons. The number of carbonyl (C=O) groups is 3. The molecule has 3 amide bonds. The number of imidazole rings is 1. The summed E-state index contributed by atoms with van der Waals surface area (Å²) in [6, 6.07) is 27.2. The van der Waals surface area contributed by atoms with Crippen molar-refractivity contribution >= 4 is 62.5 Å². The first kappa shape index (κ1) is 41.0. The van der Waals surface area contributed by atoms with Gasteiger partial charge in [0.1, 0.15) is 6.04 Å². The summed E-state index contributed by atoms with van der Waals surface area (Å²) in [5.41, 5.74) is 11.0. The van der Waals surface area contributed by atoms with E-state index in [9.17, 15) is 19.5 Å². The fourth-order valence-corrected chi connectivity index (χ4v) is 5.83. The van der Waals surface area contributed by atoms with E-state index in [0.29, 0.717) is 43.1 Å². The van der Waals surface area contributed by atoms with Crippen molar-refractivity contribution in [1.82, 2.24) is 35.9 Å². The van der Waals surface area contributed by atoms with Crippen molar-refractivity contribution in [3.63, 3.8) is 0 Å². The van der Waals surface area contributed by atoms with Gasteiger partial charge in [-0.3, -0.25) is 24.4 Å². The molecule has 3 heterocycles. The van der Waals surface area contributed by atoms with Gasteiger partial charge >= 0.3 is 17.1 Å². The first-order chi connectivity index (χ1) is 26.9. The van der Waals surface area contributed by atoms with Crippen LogP contribution < -0.4 is 37.4 Å². The van der Waals surface area contributed by atoms with Crippen LogP contribution in [0.2, 0.25) is 0 Å². The number of aliphatic imine (C=N–C) groups is 1. The third-order valence-corrected chi connectivity index (χ3v) is 8.55. The maximum Gasteiger partial charge on any atom is 2.00 e. The number of rotatable bonds is 18. The fraction of sp³-hybridized carbons (Fsp3) is 0.225. The molecule has 1 atom stereocenters. The Hall–Kier alpha value is -6.19. The number of amides is 3. The number of para-hydroxylation sites is 2. The van der Waals surface area contributed by atoms with Crippen molar-refractivity contribution in [3.05, 3.63) is 121 Å². The molecule has 0 saturated heterocycles. The normalized spacial score (nSPS) is 11.8. The van der Waals surface area contributed by atoms with Crippen LogP contribution in [0.25, 0.3) is 21.8 Å². The summed E-state index contributed by atoms with van der Waals surface area (Å²) >= 11 is 0. The van der Waals surface area contributed by atoms with Gasteiger partial charge in [-0.1, -0.05) is 42.5 Å². The summed E-state index contributed by atoms with van der Waals surface area (Å²) < 4.78 is 0. The van der Waals surface area contributed by atoms with Crippen molar-refractivity contribution in [3.8, 4) is 0 Å². The van der Waals surface area contributed by atoms with E-state index in [0.717, 1.165) is 33.2 Å². The summed E-state index contributed by atoms with van der Waals surface area (Å²) in [6.45, 7) is 1.46. The Morgan fingerprint density at radius 2 is 1.54 bits per heavy atom. The smallest absolute Gasteiger partial charge is 0.857 e. The van der Waals surface area contributed by atoms with Gasteiger partial charge < -0.3 is 42.4 Å². The minimum Gasteiger partial charge on any atom is -0.857 e. The maximum absolute atomic E-state index is 13.1. The third kappa shape index (κ3) is 11.4. The Labute approximate surface area is 333 Å². The predicted octanol–water partition coefficient (Wildman–Crippen LogP) is 2.67. The Kier molecular flexibility index (Phi) is 15.0. The van der Waals surface area contributed by atoms with Crippen molar-refractivity contribution in [2.75, 3.05) is 36.8 Å². The number of H-pyrrole nitrogens is 1. The van der Waals surface area contributed by atoms with E-state index in [1.54, 1.807) is 36.5 Å². The van der Waals surface area contributed by atoms with E-state index in [2.05, 4.69) is 46.5 Å². The van der Waals surface area contributed by atoms with Crippen molar-refractivity contribution in [2.24, 2.45) is 10.7 Å². The molecule has 56 heavy (non-hydrogen) atoms. The molecule has 0 spiro atoms. The number of aromatic nitrogens is 4. The van der Waals surface area contributed by atoms with Gasteiger partial charge in [0.25, 0.3) is 0 Å². The zero-order chi connectivity index (χ0) is 38.4. The summed E-state index contributed by atoms with van der Waals surface area (Å²) in [5.74, 6) is -1.83. The minimum atomic E-state index is -1.05. The molecule has 0 bridgehead atoms. The number of fused-ring (bicyclic) bond motifs is 2. The molecule has 0 aliphatic carbocycles. The number of aromatic amines is 1. The molecular formula is C40H42FeN11O4+. The zero-order valence-electron chi connectivity index (χ0n) is 30.4. The summed E-state index contributed by atoms with van der Waals surface area (Å²) in [5, 5.41) is 29.8. The average Bonchev–Trinajstić information content (AvgIpc) is 3.72. The summed E-state index contributed by atoms with van der Waals surface area (Å²) in [4.78, 5) is 58.5. The van der Waals surface area contributed by atoms with Gasteiger partial charge in [0.15, 0.2) is 0 Å². The zero-order valence-corrected chi connectivity index (χ0v) is 31.5. The van der Waals surface area contributed by atoms with Crippen LogP contribution in [0.15, 0.2) is 109 Å². The molecule has 3 aromatic carbocycles. The van der Waals surface area contributed by atoms with Gasteiger partial charge in [0, 0.05) is 79.0 Å². The first-order valence-electron chi connectivity index (χ1n) is 17.9. The number of nitrogens with two attached hydrogens (primary N) is 1. The summed E-state index contributed by atoms with van der Waals surface area (Å²) in [6.07, 6.45) is 3.53. The second kappa shape index (κ2) is 20.5. The van der Waals surface area contributed by atoms with Crippen molar-refractivity contribution in [2.45, 2.75) is 31.8 Å². The van der Waals surface area contributed by atoms with Gasteiger partial charge in [-0.2, -0.15) is 0 Å². The van der Waals surface area contributed by atoms with Crippen LogP contribution in [0.1, 0.15) is 29.9 Å². The molecule has 8 N–H and O–H groups in total. The number of nitrogens with zero attached hydrogens (tertiary/aromatic N) is 4. The largest absolute Gasteiger partial charge is 2.00 e. The molecule has 0 fully saturated rings. The quantitative estimate of drug-likeness (QED) is 0.0221. The number of benzene rings is 3. The van der Waals surface area contributed by atoms with E-state index in [1.165, 1.54) is 6.33 Å². The molecule has 6 rings (SSSR count). The number of hydrogen-bond acceptors (Lipinski definition) is 11. The third-order valence-electron chi connectivity index (χ3n) is 8.55. The number of nitrogens with one attached hydrogen (secondary N) is 6. The van der Waals surface area contributed by atoms with Gasteiger partial charge in [0.05, 0.1) is 41.0 Å². The second-order valence-corrected chi connectivity index (χ2v) is 12.7. The Morgan fingerprint density at radius 1 is 0.821 bits per heavy atom. The van der Waals surface area contributed by atoms with Gasteiger partial charge in [-0.05, 0) is 55.0 Å². The monoisotopic (exact) mass is 796 g/mol. The fourth-order valence-electron chi connectivity index (χ4n) is 5.83.